The lowest BCUT2D eigenvalue weighted by atomic mass is 9.95. The summed E-state index contributed by atoms with van der Waals surface area (Å²) < 4.78 is 5.16. The molecule has 1 aliphatic rings. The van der Waals surface area contributed by atoms with Gasteiger partial charge in [0.1, 0.15) is 0 Å². The standard InChI is InChI=1S/C12H17NO2/c1-9-7-8-15-11(9)12(14)13-10-5-3-2-4-6-10/h7-8,10H,2-6H2,1H3,(H,13,14). The lowest BCUT2D eigenvalue weighted by Gasteiger charge is -2.22. The molecule has 1 aromatic heterocycles. The minimum Gasteiger partial charge on any atom is -0.459 e. The van der Waals surface area contributed by atoms with Crippen molar-refractivity contribution in [2.45, 2.75) is 45.1 Å². The fourth-order valence-electron chi connectivity index (χ4n) is 2.10. The molecule has 0 radical (unpaired) electrons. The molecule has 1 heterocycles. The Morgan fingerprint density at radius 2 is 2.13 bits per heavy atom. The van der Waals surface area contributed by atoms with E-state index in [1.807, 2.05) is 13.0 Å². The Hall–Kier alpha value is -1.25. The van der Waals surface area contributed by atoms with Crippen molar-refractivity contribution >= 4 is 5.91 Å². The van der Waals surface area contributed by atoms with Gasteiger partial charge in [-0.25, -0.2) is 0 Å². The first-order chi connectivity index (χ1) is 7.27. The van der Waals surface area contributed by atoms with Crippen molar-refractivity contribution in [3.05, 3.63) is 23.7 Å². The van der Waals surface area contributed by atoms with Gasteiger partial charge in [-0.1, -0.05) is 19.3 Å². The van der Waals surface area contributed by atoms with Gasteiger partial charge in [0.2, 0.25) is 0 Å². The zero-order valence-corrected chi connectivity index (χ0v) is 9.08. The summed E-state index contributed by atoms with van der Waals surface area (Å²) in [6.07, 6.45) is 7.51. The van der Waals surface area contributed by atoms with Crippen LogP contribution in [0.5, 0.6) is 0 Å². The van der Waals surface area contributed by atoms with Crippen molar-refractivity contribution in [3.63, 3.8) is 0 Å². The van der Waals surface area contributed by atoms with Crippen LogP contribution < -0.4 is 5.32 Å². The SMILES string of the molecule is Cc1ccoc1C(=O)NC1CCCCC1. The van der Waals surface area contributed by atoms with Crippen LogP contribution >= 0.6 is 0 Å². The number of rotatable bonds is 2. The smallest absolute Gasteiger partial charge is 0.287 e. The Morgan fingerprint density at radius 3 is 2.73 bits per heavy atom. The summed E-state index contributed by atoms with van der Waals surface area (Å²) in [4.78, 5) is 11.8. The minimum absolute atomic E-state index is 0.0654. The summed E-state index contributed by atoms with van der Waals surface area (Å²) in [5, 5.41) is 3.03. The molecule has 0 saturated heterocycles. The maximum absolute atomic E-state index is 11.8. The number of nitrogens with one attached hydrogen (secondary N) is 1. The highest BCUT2D eigenvalue weighted by Crippen LogP contribution is 2.18. The molecule has 3 heteroatoms. The number of aryl methyl sites for hydroxylation is 1. The first kappa shape index (κ1) is 10.3. The second-order valence-corrected chi connectivity index (χ2v) is 4.24. The number of furan rings is 1. The van der Waals surface area contributed by atoms with E-state index in [4.69, 9.17) is 4.42 Å². The molecular formula is C12H17NO2. The highest BCUT2D eigenvalue weighted by atomic mass is 16.3. The van der Waals surface area contributed by atoms with Crippen molar-refractivity contribution in [1.82, 2.24) is 5.32 Å². The second kappa shape index (κ2) is 4.51. The molecule has 0 atom stereocenters. The third-order valence-electron chi connectivity index (χ3n) is 3.01. The average molecular weight is 207 g/mol. The number of carbonyl (C=O) groups excluding carboxylic acids is 1. The zero-order valence-electron chi connectivity index (χ0n) is 9.08. The predicted octanol–water partition coefficient (Wildman–Crippen LogP) is 2.65. The van der Waals surface area contributed by atoms with Crippen molar-refractivity contribution in [2.75, 3.05) is 0 Å². The number of carbonyl (C=O) groups is 1. The Kier molecular flexibility index (Phi) is 3.09. The van der Waals surface area contributed by atoms with E-state index < -0.39 is 0 Å². The van der Waals surface area contributed by atoms with Gasteiger partial charge in [0.25, 0.3) is 5.91 Å². The Morgan fingerprint density at radius 1 is 1.40 bits per heavy atom. The van der Waals surface area contributed by atoms with E-state index in [0.29, 0.717) is 11.8 Å². The normalized spacial score (nSPS) is 17.7. The van der Waals surface area contributed by atoms with E-state index in [1.54, 1.807) is 6.26 Å². The summed E-state index contributed by atoms with van der Waals surface area (Å²) >= 11 is 0. The van der Waals surface area contributed by atoms with Crippen LogP contribution in [0, 0.1) is 6.92 Å². The molecule has 1 aromatic rings. The third-order valence-corrected chi connectivity index (χ3v) is 3.01. The molecule has 0 spiro atoms. The first-order valence-electron chi connectivity index (χ1n) is 5.62. The van der Waals surface area contributed by atoms with E-state index in [2.05, 4.69) is 5.32 Å². The monoisotopic (exact) mass is 207 g/mol. The average Bonchev–Trinajstić information content (AvgIpc) is 2.66. The van der Waals surface area contributed by atoms with Gasteiger partial charge in [0, 0.05) is 11.6 Å². The fourth-order valence-corrected chi connectivity index (χ4v) is 2.10. The molecule has 15 heavy (non-hydrogen) atoms. The lowest BCUT2D eigenvalue weighted by Crippen LogP contribution is -2.36. The van der Waals surface area contributed by atoms with Gasteiger partial charge >= 0.3 is 0 Å². The molecule has 1 aliphatic carbocycles. The predicted molar refractivity (Wildman–Crippen MR) is 57.8 cm³/mol. The van der Waals surface area contributed by atoms with Gasteiger partial charge in [-0.15, -0.1) is 0 Å². The first-order valence-corrected chi connectivity index (χ1v) is 5.62. The number of hydrogen-bond acceptors (Lipinski definition) is 2. The van der Waals surface area contributed by atoms with Crippen molar-refractivity contribution in [1.29, 1.82) is 0 Å². The summed E-state index contributed by atoms with van der Waals surface area (Å²) in [5.41, 5.74) is 0.906. The Balaban J connectivity index is 1.94. The summed E-state index contributed by atoms with van der Waals surface area (Å²) in [6, 6.07) is 2.16. The fraction of sp³-hybridized carbons (Fsp3) is 0.583. The molecule has 2 rings (SSSR count). The molecule has 1 fully saturated rings. The molecule has 0 aromatic carbocycles. The van der Waals surface area contributed by atoms with Gasteiger partial charge in [0.05, 0.1) is 6.26 Å². The molecular weight excluding hydrogens is 190 g/mol. The topological polar surface area (TPSA) is 42.2 Å². The second-order valence-electron chi connectivity index (χ2n) is 4.24. The van der Waals surface area contributed by atoms with Gasteiger partial charge in [-0.3, -0.25) is 4.79 Å². The Bertz CT molecular complexity index is 337. The maximum atomic E-state index is 11.8. The number of amides is 1. The van der Waals surface area contributed by atoms with E-state index in [0.717, 1.165) is 18.4 Å². The molecule has 1 N–H and O–H groups in total. The zero-order chi connectivity index (χ0) is 10.7. The van der Waals surface area contributed by atoms with Gasteiger partial charge in [-0.2, -0.15) is 0 Å². The maximum Gasteiger partial charge on any atom is 0.287 e. The van der Waals surface area contributed by atoms with Crippen LogP contribution in [0.25, 0.3) is 0 Å². The van der Waals surface area contributed by atoms with E-state index in [1.165, 1.54) is 19.3 Å². The summed E-state index contributed by atoms with van der Waals surface area (Å²) in [5.74, 6) is 0.393. The molecule has 0 unspecified atom stereocenters. The molecule has 0 aliphatic heterocycles. The van der Waals surface area contributed by atoms with Gasteiger partial charge in [-0.05, 0) is 25.8 Å². The van der Waals surface area contributed by atoms with Crippen LogP contribution in [-0.2, 0) is 0 Å². The van der Waals surface area contributed by atoms with Crippen molar-refractivity contribution in [3.8, 4) is 0 Å². The summed E-state index contributed by atoms with van der Waals surface area (Å²) in [7, 11) is 0. The van der Waals surface area contributed by atoms with Crippen LogP contribution in [0.2, 0.25) is 0 Å². The molecule has 0 bridgehead atoms. The molecule has 82 valence electrons. The minimum atomic E-state index is -0.0654. The highest BCUT2D eigenvalue weighted by Gasteiger charge is 2.19. The molecule has 3 nitrogen and oxygen atoms in total. The highest BCUT2D eigenvalue weighted by molar-refractivity contribution is 5.92. The van der Waals surface area contributed by atoms with Crippen LogP contribution in [0.1, 0.15) is 48.2 Å². The lowest BCUT2D eigenvalue weighted by molar-refractivity contribution is 0.0898. The quantitative estimate of drug-likeness (QED) is 0.810. The van der Waals surface area contributed by atoms with Crippen molar-refractivity contribution < 1.29 is 9.21 Å². The largest absolute Gasteiger partial charge is 0.459 e. The van der Waals surface area contributed by atoms with Crippen LogP contribution in [0.4, 0.5) is 0 Å². The van der Waals surface area contributed by atoms with Gasteiger partial charge in [0.15, 0.2) is 5.76 Å². The number of hydrogen-bond donors (Lipinski definition) is 1. The third kappa shape index (κ3) is 2.41. The van der Waals surface area contributed by atoms with Crippen LogP contribution in [-0.4, -0.2) is 11.9 Å². The van der Waals surface area contributed by atoms with E-state index >= 15 is 0 Å². The molecule has 1 amide bonds. The van der Waals surface area contributed by atoms with Gasteiger partial charge < -0.3 is 9.73 Å². The summed E-state index contributed by atoms with van der Waals surface area (Å²) in [6.45, 7) is 1.89. The van der Waals surface area contributed by atoms with E-state index in [9.17, 15) is 4.79 Å². The molecule has 1 saturated carbocycles. The Labute approximate surface area is 89.9 Å². The van der Waals surface area contributed by atoms with Crippen LogP contribution in [0.15, 0.2) is 16.7 Å². The van der Waals surface area contributed by atoms with Crippen molar-refractivity contribution in [2.24, 2.45) is 0 Å². The van der Waals surface area contributed by atoms with E-state index in [-0.39, 0.29) is 5.91 Å². The van der Waals surface area contributed by atoms with Crippen LogP contribution in [0.3, 0.4) is 0 Å².